The van der Waals surface area contributed by atoms with Crippen LogP contribution in [-0.2, 0) is 6.54 Å². The first-order valence-corrected chi connectivity index (χ1v) is 6.81. The summed E-state index contributed by atoms with van der Waals surface area (Å²) in [5, 5.41) is 6.67. The molecule has 4 nitrogen and oxygen atoms in total. The maximum atomic E-state index is 5.40. The van der Waals surface area contributed by atoms with Crippen molar-refractivity contribution in [1.82, 2.24) is 10.6 Å². The SMILES string of the molecule is CN=C(NCc1ccc(C)cc1OC)NCC1CC1.I. The molecule has 1 aliphatic carbocycles. The number of aryl methyl sites for hydroxylation is 1. The Balaban J connectivity index is 0.00000200. The molecule has 0 radical (unpaired) electrons. The summed E-state index contributed by atoms with van der Waals surface area (Å²) in [6, 6.07) is 6.24. The van der Waals surface area contributed by atoms with Gasteiger partial charge in [0.1, 0.15) is 5.75 Å². The number of ether oxygens (including phenoxy) is 1. The molecule has 1 fully saturated rings. The first kappa shape index (κ1) is 17.1. The topological polar surface area (TPSA) is 45.7 Å². The van der Waals surface area contributed by atoms with E-state index in [1.165, 1.54) is 18.4 Å². The minimum atomic E-state index is 0. The molecule has 1 saturated carbocycles. The van der Waals surface area contributed by atoms with Crippen molar-refractivity contribution in [3.05, 3.63) is 29.3 Å². The second-order valence-corrected chi connectivity index (χ2v) is 5.07. The Morgan fingerprint density at radius 1 is 1.35 bits per heavy atom. The van der Waals surface area contributed by atoms with Crippen LogP contribution in [0.3, 0.4) is 0 Å². The molecule has 1 aliphatic rings. The summed E-state index contributed by atoms with van der Waals surface area (Å²) in [5.74, 6) is 2.62. The minimum absolute atomic E-state index is 0. The average molecular weight is 389 g/mol. The van der Waals surface area contributed by atoms with Crippen molar-refractivity contribution in [1.29, 1.82) is 0 Å². The van der Waals surface area contributed by atoms with Crippen LogP contribution in [0.4, 0.5) is 0 Å². The van der Waals surface area contributed by atoms with Gasteiger partial charge in [-0.05, 0) is 37.3 Å². The number of rotatable bonds is 5. The number of hydrogen-bond acceptors (Lipinski definition) is 2. The van der Waals surface area contributed by atoms with E-state index >= 15 is 0 Å². The van der Waals surface area contributed by atoms with E-state index in [0.29, 0.717) is 6.54 Å². The zero-order chi connectivity index (χ0) is 13.7. The molecule has 112 valence electrons. The number of guanidine groups is 1. The van der Waals surface area contributed by atoms with Crippen molar-refractivity contribution >= 4 is 29.9 Å². The Kier molecular flexibility index (Phi) is 7.12. The van der Waals surface area contributed by atoms with Gasteiger partial charge in [-0.25, -0.2) is 0 Å². The van der Waals surface area contributed by atoms with E-state index in [1.54, 1.807) is 14.2 Å². The first-order chi connectivity index (χ1) is 9.22. The van der Waals surface area contributed by atoms with E-state index in [2.05, 4.69) is 40.7 Å². The maximum Gasteiger partial charge on any atom is 0.191 e. The fourth-order valence-corrected chi connectivity index (χ4v) is 1.96. The van der Waals surface area contributed by atoms with Gasteiger partial charge in [-0.2, -0.15) is 0 Å². The van der Waals surface area contributed by atoms with Crippen molar-refractivity contribution in [2.45, 2.75) is 26.3 Å². The normalized spacial score (nSPS) is 14.4. The van der Waals surface area contributed by atoms with Gasteiger partial charge in [0.2, 0.25) is 0 Å². The number of nitrogens with one attached hydrogen (secondary N) is 2. The van der Waals surface area contributed by atoms with E-state index in [1.807, 2.05) is 0 Å². The first-order valence-electron chi connectivity index (χ1n) is 6.81. The molecule has 0 saturated heterocycles. The van der Waals surface area contributed by atoms with E-state index < -0.39 is 0 Å². The number of aliphatic imine (C=N–C) groups is 1. The zero-order valence-electron chi connectivity index (χ0n) is 12.4. The largest absolute Gasteiger partial charge is 0.496 e. The van der Waals surface area contributed by atoms with E-state index in [0.717, 1.165) is 29.7 Å². The van der Waals surface area contributed by atoms with Gasteiger partial charge < -0.3 is 15.4 Å². The quantitative estimate of drug-likeness (QED) is 0.463. The molecule has 0 heterocycles. The minimum Gasteiger partial charge on any atom is -0.496 e. The maximum absolute atomic E-state index is 5.40. The van der Waals surface area contributed by atoms with Crippen LogP contribution in [0, 0.1) is 12.8 Å². The van der Waals surface area contributed by atoms with Crippen molar-refractivity contribution in [3.8, 4) is 5.75 Å². The predicted molar refractivity (Wildman–Crippen MR) is 94.1 cm³/mol. The highest BCUT2D eigenvalue weighted by Gasteiger charge is 2.21. The number of halogens is 1. The van der Waals surface area contributed by atoms with Gasteiger partial charge in [-0.15, -0.1) is 24.0 Å². The molecule has 0 bridgehead atoms. The molecule has 0 aromatic heterocycles. The van der Waals surface area contributed by atoms with Crippen molar-refractivity contribution in [3.63, 3.8) is 0 Å². The summed E-state index contributed by atoms with van der Waals surface area (Å²) < 4.78 is 5.40. The Morgan fingerprint density at radius 3 is 2.70 bits per heavy atom. The van der Waals surface area contributed by atoms with Crippen molar-refractivity contribution in [2.75, 3.05) is 20.7 Å². The monoisotopic (exact) mass is 389 g/mol. The summed E-state index contributed by atoms with van der Waals surface area (Å²) in [4.78, 5) is 4.23. The highest BCUT2D eigenvalue weighted by atomic mass is 127. The molecular formula is C15H24IN3O. The number of benzene rings is 1. The summed E-state index contributed by atoms with van der Waals surface area (Å²) >= 11 is 0. The lowest BCUT2D eigenvalue weighted by Gasteiger charge is -2.14. The molecule has 0 aliphatic heterocycles. The fourth-order valence-electron chi connectivity index (χ4n) is 1.96. The number of methoxy groups -OCH3 is 1. The summed E-state index contributed by atoms with van der Waals surface area (Å²) in [5.41, 5.74) is 2.35. The van der Waals surface area contributed by atoms with Crippen LogP contribution in [0.5, 0.6) is 5.75 Å². The molecule has 2 N–H and O–H groups in total. The average Bonchev–Trinajstić information content (AvgIpc) is 3.24. The van der Waals surface area contributed by atoms with Gasteiger partial charge >= 0.3 is 0 Å². The molecule has 0 atom stereocenters. The lowest BCUT2D eigenvalue weighted by Crippen LogP contribution is -2.37. The highest BCUT2D eigenvalue weighted by molar-refractivity contribution is 14.0. The molecule has 1 aromatic rings. The third kappa shape index (κ3) is 5.19. The molecule has 0 unspecified atom stereocenters. The molecule has 20 heavy (non-hydrogen) atoms. The van der Waals surface area contributed by atoms with Crippen LogP contribution in [0.25, 0.3) is 0 Å². The third-order valence-electron chi connectivity index (χ3n) is 3.37. The second kappa shape index (κ2) is 8.34. The van der Waals surface area contributed by atoms with E-state index in [9.17, 15) is 0 Å². The number of hydrogen-bond donors (Lipinski definition) is 2. The van der Waals surface area contributed by atoms with Crippen LogP contribution in [0.15, 0.2) is 23.2 Å². The Morgan fingerprint density at radius 2 is 2.10 bits per heavy atom. The molecule has 1 aromatic carbocycles. The lowest BCUT2D eigenvalue weighted by molar-refractivity contribution is 0.408. The smallest absolute Gasteiger partial charge is 0.191 e. The molecule has 0 amide bonds. The third-order valence-corrected chi connectivity index (χ3v) is 3.37. The van der Waals surface area contributed by atoms with Crippen LogP contribution in [0.1, 0.15) is 24.0 Å². The van der Waals surface area contributed by atoms with Crippen LogP contribution in [0.2, 0.25) is 0 Å². The summed E-state index contributed by atoms with van der Waals surface area (Å²) in [6.07, 6.45) is 2.69. The molecular weight excluding hydrogens is 365 g/mol. The fraction of sp³-hybridized carbons (Fsp3) is 0.533. The van der Waals surface area contributed by atoms with Gasteiger partial charge in [-0.3, -0.25) is 4.99 Å². The van der Waals surface area contributed by atoms with Crippen molar-refractivity contribution in [2.24, 2.45) is 10.9 Å². The summed E-state index contributed by atoms with van der Waals surface area (Å²) in [7, 11) is 3.51. The van der Waals surface area contributed by atoms with E-state index in [-0.39, 0.29) is 24.0 Å². The summed E-state index contributed by atoms with van der Waals surface area (Å²) in [6.45, 7) is 3.80. The molecule has 5 heteroatoms. The standard InChI is InChI=1S/C15H23N3O.HI/c1-11-4-7-13(14(8-11)19-3)10-18-15(16-2)17-9-12-5-6-12;/h4,7-8,12H,5-6,9-10H2,1-3H3,(H2,16,17,18);1H. The predicted octanol–water partition coefficient (Wildman–Crippen LogP) is 2.70. The van der Waals surface area contributed by atoms with Crippen LogP contribution < -0.4 is 15.4 Å². The van der Waals surface area contributed by atoms with E-state index in [4.69, 9.17) is 4.74 Å². The van der Waals surface area contributed by atoms with Gasteiger partial charge in [0.25, 0.3) is 0 Å². The van der Waals surface area contributed by atoms with Gasteiger partial charge in [0.15, 0.2) is 5.96 Å². The zero-order valence-corrected chi connectivity index (χ0v) is 14.7. The lowest BCUT2D eigenvalue weighted by atomic mass is 10.1. The Bertz CT molecular complexity index is 458. The van der Waals surface area contributed by atoms with Gasteiger partial charge in [0.05, 0.1) is 7.11 Å². The Hall–Kier alpha value is -0.980. The Labute approximate surface area is 138 Å². The van der Waals surface area contributed by atoms with Crippen molar-refractivity contribution < 1.29 is 4.74 Å². The van der Waals surface area contributed by atoms with Gasteiger partial charge in [-0.1, -0.05) is 12.1 Å². The van der Waals surface area contributed by atoms with Crippen LogP contribution >= 0.6 is 24.0 Å². The molecule has 2 rings (SSSR count). The van der Waals surface area contributed by atoms with Gasteiger partial charge in [0, 0.05) is 25.7 Å². The van der Waals surface area contributed by atoms with Crippen LogP contribution in [-0.4, -0.2) is 26.7 Å². The number of nitrogens with zero attached hydrogens (tertiary/aromatic N) is 1. The highest BCUT2D eigenvalue weighted by Crippen LogP contribution is 2.27. The molecule has 0 spiro atoms. The second-order valence-electron chi connectivity index (χ2n) is 5.07.